The van der Waals surface area contributed by atoms with E-state index in [-0.39, 0.29) is 6.29 Å². The van der Waals surface area contributed by atoms with Crippen molar-refractivity contribution in [2.45, 2.75) is 64.1 Å². The Morgan fingerprint density at radius 1 is 1.00 bits per heavy atom. The van der Waals surface area contributed by atoms with Crippen molar-refractivity contribution < 1.29 is 14.6 Å². The molecule has 1 saturated heterocycles. The standard InChI is InChI=1S/C17H30O3/c18-14-10-7-5-3-1-2-4-6-8-11-15-19-17-13-9-12-16-20-17/h1-2,6,8,17-18H,3-5,7,9-16H2. The van der Waals surface area contributed by atoms with Crippen molar-refractivity contribution in [1.82, 2.24) is 0 Å². The molecular formula is C17H30O3. The van der Waals surface area contributed by atoms with Crippen LogP contribution in [0.4, 0.5) is 0 Å². The Bertz CT molecular complexity index is 255. The Balaban J connectivity index is 1.85. The first-order valence-electron chi connectivity index (χ1n) is 8.07. The van der Waals surface area contributed by atoms with Crippen LogP contribution in [0.15, 0.2) is 24.3 Å². The predicted molar refractivity (Wildman–Crippen MR) is 82.6 cm³/mol. The lowest BCUT2D eigenvalue weighted by atomic mass is 10.2. The summed E-state index contributed by atoms with van der Waals surface area (Å²) in [6, 6.07) is 0. The van der Waals surface area contributed by atoms with Crippen LogP contribution in [0.5, 0.6) is 0 Å². The van der Waals surface area contributed by atoms with E-state index < -0.39 is 0 Å². The van der Waals surface area contributed by atoms with Crippen LogP contribution < -0.4 is 0 Å². The number of aliphatic hydroxyl groups excluding tert-OH is 1. The second kappa shape index (κ2) is 13.3. The van der Waals surface area contributed by atoms with Gasteiger partial charge in [-0.2, -0.15) is 0 Å². The Kier molecular flexibility index (Phi) is 11.6. The Morgan fingerprint density at radius 3 is 2.60 bits per heavy atom. The molecule has 1 rings (SSSR count). The zero-order chi connectivity index (χ0) is 14.3. The summed E-state index contributed by atoms with van der Waals surface area (Å²) in [6.45, 7) is 1.93. The van der Waals surface area contributed by atoms with Gasteiger partial charge < -0.3 is 14.6 Å². The second-order valence-corrected chi connectivity index (χ2v) is 5.21. The van der Waals surface area contributed by atoms with E-state index >= 15 is 0 Å². The van der Waals surface area contributed by atoms with Gasteiger partial charge in [-0.25, -0.2) is 0 Å². The topological polar surface area (TPSA) is 38.7 Å². The number of allylic oxidation sites excluding steroid dienone is 3. The molecule has 116 valence electrons. The van der Waals surface area contributed by atoms with E-state index in [1.54, 1.807) is 0 Å². The molecule has 1 fully saturated rings. The summed E-state index contributed by atoms with van der Waals surface area (Å²) in [5, 5.41) is 8.65. The fraction of sp³-hybridized carbons (Fsp3) is 0.765. The van der Waals surface area contributed by atoms with E-state index in [4.69, 9.17) is 14.6 Å². The fourth-order valence-corrected chi connectivity index (χ4v) is 2.17. The van der Waals surface area contributed by atoms with E-state index in [0.717, 1.165) is 51.7 Å². The zero-order valence-electron chi connectivity index (χ0n) is 12.6. The minimum absolute atomic E-state index is 0.0379. The van der Waals surface area contributed by atoms with Gasteiger partial charge in [-0.05, 0) is 51.4 Å². The minimum Gasteiger partial charge on any atom is -0.396 e. The summed E-state index contributed by atoms with van der Waals surface area (Å²) >= 11 is 0. The first kappa shape index (κ1) is 17.4. The number of hydrogen-bond donors (Lipinski definition) is 1. The molecule has 1 N–H and O–H groups in total. The average molecular weight is 282 g/mol. The number of hydrogen-bond acceptors (Lipinski definition) is 3. The van der Waals surface area contributed by atoms with Crippen LogP contribution >= 0.6 is 0 Å². The average Bonchev–Trinajstić information content (AvgIpc) is 2.49. The molecule has 1 aliphatic rings. The maximum Gasteiger partial charge on any atom is 0.157 e. The molecule has 1 atom stereocenters. The zero-order valence-corrected chi connectivity index (χ0v) is 12.6. The molecule has 0 aliphatic carbocycles. The van der Waals surface area contributed by atoms with Crippen LogP contribution in [0, 0.1) is 0 Å². The van der Waals surface area contributed by atoms with Crippen molar-refractivity contribution in [2.75, 3.05) is 19.8 Å². The van der Waals surface area contributed by atoms with E-state index in [1.807, 2.05) is 0 Å². The smallest absolute Gasteiger partial charge is 0.157 e. The highest BCUT2D eigenvalue weighted by molar-refractivity contribution is 4.92. The molecule has 3 heteroatoms. The normalized spacial score (nSPS) is 20.1. The molecule has 1 aliphatic heterocycles. The third-order valence-corrected chi connectivity index (χ3v) is 3.36. The Hall–Kier alpha value is -0.640. The SMILES string of the molecule is OCCCCCC=CCC=CCCOC1CCCCO1. The van der Waals surface area contributed by atoms with E-state index in [9.17, 15) is 0 Å². The van der Waals surface area contributed by atoms with Crippen LogP contribution in [0.1, 0.15) is 57.8 Å². The summed E-state index contributed by atoms with van der Waals surface area (Å²) in [5.41, 5.74) is 0. The minimum atomic E-state index is 0.0379. The summed E-state index contributed by atoms with van der Waals surface area (Å²) in [4.78, 5) is 0. The van der Waals surface area contributed by atoms with E-state index in [2.05, 4.69) is 24.3 Å². The van der Waals surface area contributed by atoms with Crippen LogP contribution in [0.2, 0.25) is 0 Å². The van der Waals surface area contributed by atoms with Crippen molar-refractivity contribution in [3.05, 3.63) is 24.3 Å². The third-order valence-electron chi connectivity index (χ3n) is 3.36. The van der Waals surface area contributed by atoms with Crippen LogP contribution in [-0.2, 0) is 9.47 Å². The molecule has 3 nitrogen and oxygen atoms in total. The number of unbranched alkanes of at least 4 members (excludes halogenated alkanes) is 3. The molecule has 0 aromatic carbocycles. The van der Waals surface area contributed by atoms with Crippen molar-refractivity contribution >= 4 is 0 Å². The summed E-state index contributed by atoms with van der Waals surface area (Å²) in [5.74, 6) is 0. The monoisotopic (exact) mass is 282 g/mol. The highest BCUT2D eigenvalue weighted by Crippen LogP contribution is 2.13. The van der Waals surface area contributed by atoms with Gasteiger partial charge in [0.15, 0.2) is 6.29 Å². The number of rotatable bonds is 11. The van der Waals surface area contributed by atoms with Crippen molar-refractivity contribution in [3.8, 4) is 0 Å². The number of aliphatic hydroxyl groups is 1. The molecule has 0 aromatic heterocycles. The van der Waals surface area contributed by atoms with Crippen molar-refractivity contribution in [3.63, 3.8) is 0 Å². The largest absolute Gasteiger partial charge is 0.396 e. The van der Waals surface area contributed by atoms with Gasteiger partial charge in [0.25, 0.3) is 0 Å². The summed E-state index contributed by atoms with van der Waals surface area (Å²) in [7, 11) is 0. The van der Waals surface area contributed by atoms with Crippen LogP contribution in [0.25, 0.3) is 0 Å². The number of ether oxygens (including phenoxy) is 2. The predicted octanol–water partition coefficient (Wildman–Crippen LogP) is 3.97. The van der Waals surface area contributed by atoms with Gasteiger partial charge in [-0.3, -0.25) is 0 Å². The van der Waals surface area contributed by atoms with Gasteiger partial charge in [0, 0.05) is 13.2 Å². The fourth-order valence-electron chi connectivity index (χ4n) is 2.17. The van der Waals surface area contributed by atoms with Gasteiger partial charge in [0.1, 0.15) is 0 Å². The molecule has 1 heterocycles. The Morgan fingerprint density at radius 2 is 1.85 bits per heavy atom. The highest BCUT2D eigenvalue weighted by atomic mass is 16.7. The molecule has 0 aromatic rings. The van der Waals surface area contributed by atoms with Gasteiger partial charge in [0.05, 0.1) is 6.61 Å². The molecule has 0 radical (unpaired) electrons. The first-order chi connectivity index (χ1) is 9.93. The van der Waals surface area contributed by atoms with Crippen molar-refractivity contribution in [1.29, 1.82) is 0 Å². The van der Waals surface area contributed by atoms with Crippen LogP contribution in [0.3, 0.4) is 0 Å². The van der Waals surface area contributed by atoms with E-state index in [1.165, 1.54) is 19.3 Å². The first-order valence-corrected chi connectivity index (χ1v) is 8.07. The third kappa shape index (κ3) is 10.2. The van der Waals surface area contributed by atoms with Gasteiger partial charge in [-0.15, -0.1) is 0 Å². The van der Waals surface area contributed by atoms with Crippen LogP contribution in [-0.4, -0.2) is 31.2 Å². The lowest BCUT2D eigenvalue weighted by Crippen LogP contribution is -2.22. The van der Waals surface area contributed by atoms with Gasteiger partial charge in [0.2, 0.25) is 0 Å². The molecule has 0 saturated carbocycles. The maximum atomic E-state index is 8.65. The van der Waals surface area contributed by atoms with Crippen molar-refractivity contribution in [2.24, 2.45) is 0 Å². The molecule has 0 amide bonds. The van der Waals surface area contributed by atoms with E-state index in [0.29, 0.717) is 6.61 Å². The second-order valence-electron chi connectivity index (χ2n) is 5.21. The Labute approximate surface area is 123 Å². The molecule has 20 heavy (non-hydrogen) atoms. The lowest BCUT2D eigenvalue weighted by molar-refractivity contribution is -0.161. The van der Waals surface area contributed by atoms with Gasteiger partial charge in [-0.1, -0.05) is 30.7 Å². The molecule has 1 unspecified atom stereocenters. The van der Waals surface area contributed by atoms with Gasteiger partial charge >= 0.3 is 0 Å². The molecular weight excluding hydrogens is 252 g/mol. The highest BCUT2D eigenvalue weighted by Gasteiger charge is 2.12. The maximum absolute atomic E-state index is 8.65. The molecule has 0 spiro atoms. The quantitative estimate of drug-likeness (QED) is 0.460. The lowest BCUT2D eigenvalue weighted by Gasteiger charge is -2.22. The summed E-state index contributed by atoms with van der Waals surface area (Å²) in [6.07, 6.45) is 18.6. The summed E-state index contributed by atoms with van der Waals surface area (Å²) < 4.78 is 11.2. The molecule has 0 bridgehead atoms.